The molecular formula is C18H17BrF3NO2. The first-order valence-electron chi connectivity index (χ1n) is 7.57. The first-order chi connectivity index (χ1) is 11.7. The highest BCUT2D eigenvalue weighted by Crippen LogP contribution is 2.36. The number of anilines is 1. The summed E-state index contributed by atoms with van der Waals surface area (Å²) < 4.78 is 44.1. The Morgan fingerprint density at radius 2 is 1.88 bits per heavy atom. The number of ether oxygens (including phenoxy) is 1. The van der Waals surface area contributed by atoms with E-state index in [1.54, 1.807) is 12.1 Å². The van der Waals surface area contributed by atoms with E-state index in [2.05, 4.69) is 21.2 Å². The lowest BCUT2D eigenvalue weighted by atomic mass is 10.0. The molecule has 2 rings (SSSR count). The Morgan fingerprint density at radius 3 is 2.52 bits per heavy atom. The van der Waals surface area contributed by atoms with Gasteiger partial charge in [-0.1, -0.05) is 48.0 Å². The summed E-state index contributed by atoms with van der Waals surface area (Å²) in [7, 11) is 0. The zero-order valence-corrected chi connectivity index (χ0v) is 15.2. The first-order valence-corrected chi connectivity index (χ1v) is 8.36. The number of nitrogens with one attached hydrogen (secondary N) is 1. The van der Waals surface area contributed by atoms with Gasteiger partial charge in [-0.15, -0.1) is 0 Å². The lowest BCUT2D eigenvalue weighted by molar-refractivity contribution is -0.138. The smallest absolute Gasteiger partial charge is 0.417 e. The number of amides is 1. The van der Waals surface area contributed by atoms with Crippen LogP contribution in [0, 0.1) is 0 Å². The van der Waals surface area contributed by atoms with Gasteiger partial charge < -0.3 is 10.1 Å². The van der Waals surface area contributed by atoms with Gasteiger partial charge in [0.05, 0.1) is 5.56 Å². The summed E-state index contributed by atoms with van der Waals surface area (Å²) in [4.78, 5) is 12.0. The average Bonchev–Trinajstić information content (AvgIpc) is 2.54. The molecule has 2 aromatic carbocycles. The molecule has 0 aliphatic heterocycles. The fourth-order valence-electron chi connectivity index (χ4n) is 2.25. The molecule has 0 saturated carbocycles. The van der Waals surface area contributed by atoms with E-state index in [1.807, 2.05) is 26.0 Å². The largest absolute Gasteiger partial charge is 0.483 e. The number of carbonyl (C=O) groups is 1. The highest BCUT2D eigenvalue weighted by Gasteiger charge is 2.33. The van der Waals surface area contributed by atoms with Gasteiger partial charge in [-0.3, -0.25) is 4.79 Å². The summed E-state index contributed by atoms with van der Waals surface area (Å²) in [5, 5.41) is 2.42. The van der Waals surface area contributed by atoms with E-state index in [1.165, 1.54) is 12.1 Å². The van der Waals surface area contributed by atoms with Gasteiger partial charge >= 0.3 is 6.18 Å². The van der Waals surface area contributed by atoms with Crippen LogP contribution >= 0.6 is 15.9 Å². The minimum atomic E-state index is -4.51. The van der Waals surface area contributed by atoms with E-state index in [-0.39, 0.29) is 22.7 Å². The van der Waals surface area contributed by atoms with Crippen LogP contribution in [0.3, 0.4) is 0 Å². The Hall–Kier alpha value is -2.02. The normalized spacial score (nSPS) is 11.5. The number of halogens is 4. The van der Waals surface area contributed by atoms with Crippen molar-refractivity contribution < 1.29 is 22.7 Å². The maximum Gasteiger partial charge on any atom is 0.417 e. The Bertz CT molecular complexity index is 760. The molecule has 7 heteroatoms. The van der Waals surface area contributed by atoms with Crippen molar-refractivity contribution in [3.05, 3.63) is 58.1 Å². The Morgan fingerprint density at radius 1 is 1.20 bits per heavy atom. The van der Waals surface area contributed by atoms with Crippen molar-refractivity contribution in [3.63, 3.8) is 0 Å². The summed E-state index contributed by atoms with van der Waals surface area (Å²) in [6.45, 7) is 3.71. The maximum atomic E-state index is 12.9. The van der Waals surface area contributed by atoms with Crippen LogP contribution in [0.2, 0.25) is 0 Å². The first kappa shape index (κ1) is 19.3. The van der Waals surface area contributed by atoms with Crippen molar-refractivity contribution in [1.82, 2.24) is 0 Å². The van der Waals surface area contributed by atoms with Crippen LogP contribution in [-0.4, -0.2) is 12.5 Å². The highest BCUT2D eigenvalue weighted by atomic mass is 79.9. The van der Waals surface area contributed by atoms with E-state index in [0.29, 0.717) is 5.75 Å². The Kier molecular flexibility index (Phi) is 6.11. The zero-order valence-electron chi connectivity index (χ0n) is 13.7. The number of rotatable bonds is 5. The van der Waals surface area contributed by atoms with Crippen molar-refractivity contribution in [3.8, 4) is 5.75 Å². The third kappa shape index (κ3) is 5.22. The molecule has 134 valence electrons. The third-order valence-corrected chi connectivity index (χ3v) is 4.15. The van der Waals surface area contributed by atoms with Gasteiger partial charge in [-0.05, 0) is 35.7 Å². The molecule has 0 aliphatic rings. The van der Waals surface area contributed by atoms with Gasteiger partial charge in [0.1, 0.15) is 5.75 Å². The van der Waals surface area contributed by atoms with Crippen molar-refractivity contribution in [2.45, 2.75) is 25.9 Å². The average molecular weight is 416 g/mol. The molecule has 3 nitrogen and oxygen atoms in total. The van der Waals surface area contributed by atoms with Gasteiger partial charge in [0, 0.05) is 10.2 Å². The van der Waals surface area contributed by atoms with E-state index in [4.69, 9.17) is 4.74 Å². The molecule has 0 saturated heterocycles. The van der Waals surface area contributed by atoms with Crippen LogP contribution in [0.25, 0.3) is 0 Å². The molecule has 0 atom stereocenters. The predicted molar refractivity (Wildman–Crippen MR) is 93.8 cm³/mol. The van der Waals surface area contributed by atoms with Crippen LogP contribution in [0.1, 0.15) is 30.9 Å². The van der Waals surface area contributed by atoms with Gasteiger partial charge in [0.2, 0.25) is 0 Å². The van der Waals surface area contributed by atoms with Crippen LogP contribution < -0.4 is 10.1 Å². The molecule has 0 unspecified atom stereocenters. The summed E-state index contributed by atoms with van der Waals surface area (Å²) in [5.74, 6) is 0.272. The molecule has 0 radical (unpaired) electrons. The summed E-state index contributed by atoms with van der Waals surface area (Å²) in [6, 6.07) is 10.8. The second-order valence-electron chi connectivity index (χ2n) is 5.72. The zero-order chi connectivity index (χ0) is 18.6. The SMILES string of the molecule is CC(C)c1ccccc1OCC(=O)Nc1ccc(Br)c(C(F)(F)F)c1. The van der Waals surface area contributed by atoms with Gasteiger partial charge in [0.15, 0.2) is 6.61 Å². The summed E-state index contributed by atoms with van der Waals surface area (Å²) >= 11 is 2.86. The number of hydrogen-bond acceptors (Lipinski definition) is 2. The fraction of sp³-hybridized carbons (Fsp3) is 0.278. The Balaban J connectivity index is 2.04. The minimum absolute atomic E-state index is 0.0567. The standard InChI is InChI=1S/C18H17BrF3NO2/c1-11(2)13-5-3-4-6-16(13)25-10-17(24)23-12-7-8-15(19)14(9-12)18(20,21)22/h3-9,11H,10H2,1-2H3,(H,23,24). The molecule has 0 bridgehead atoms. The summed E-state index contributed by atoms with van der Waals surface area (Å²) in [5.41, 5.74) is 0.163. The molecule has 0 aliphatic carbocycles. The number of benzene rings is 2. The monoisotopic (exact) mass is 415 g/mol. The molecule has 0 fully saturated rings. The lowest BCUT2D eigenvalue weighted by Crippen LogP contribution is -2.21. The molecule has 0 spiro atoms. The van der Waals surface area contributed by atoms with E-state index >= 15 is 0 Å². The van der Waals surface area contributed by atoms with Gasteiger partial charge in [0.25, 0.3) is 5.91 Å². The number of carbonyl (C=O) groups excluding carboxylic acids is 1. The maximum absolute atomic E-state index is 12.9. The van der Waals surface area contributed by atoms with Crippen molar-refractivity contribution in [1.29, 1.82) is 0 Å². The fourth-order valence-corrected chi connectivity index (χ4v) is 2.72. The topological polar surface area (TPSA) is 38.3 Å². The second kappa shape index (κ2) is 7.91. The van der Waals surface area contributed by atoms with Crippen molar-refractivity contribution in [2.75, 3.05) is 11.9 Å². The van der Waals surface area contributed by atoms with E-state index < -0.39 is 17.6 Å². The second-order valence-corrected chi connectivity index (χ2v) is 6.58. The predicted octanol–water partition coefficient (Wildman–Crippen LogP) is 5.61. The molecule has 0 heterocycles. The molecule has 2 aromatic rings. The van der Waals surface area contributed by atoms with Gasteiger partial charge in [-0.2, -0.15) is 13.2 Å². The van der Waals surface area contributed by atoms with Crippen molar-refractivity contribution >= 4 is 27.5 Å². The van der Waals surface area contributed by atoms with Crippen LogP contribution in [0.15, 0.2) is 46.9 Å². The van der Waals surface area contributed by atoms with E-state index in [9.17, 15) is 18.0 Å². The Labute approximate surface area is 152 Å². The van der Waals surface area contributed by atoms with Crippen LogP contribution in [0.5, 0.6) is 5.75 Å². The number of para-hydroxylation sites is 1. The minimum Gasteiger partial charge on any atom is -0.483 e. The molecule has 1 amide bonds. The highest BCUT2D eigenvalue weighted by molar-refractivity contribution is 9.10. The lowest BCUT2D eigenvalue weighted by Gasteiger charge is -2.14. The van der Waals surface area contributed by atoms with Crippen LogP contribution in [-0.2, 0) is 11.0 Å². The van der Waals surface area contributed by atoms with Crippen molar-refractivity contribution in [2.24, 2.45) is 0 Å². The molecular weight excluding hydrogens is 399 g/mol. The van der Waals surface area contributed by atoms with Gasteiger partial charge in [-0.25, -0.2) is 0 Å². The number of hydrogen-bond donors (Lipinski definition) is 1. The summed E-state index contributed by atoms with van der Waals surface area (Å²) in [6.07, 6.45) is -4.51. The number of alkyl halides is 3. The van der Waals surface area contributed by atoms with E-state index in [0.717, 1.165) is 11.6 Å². The van der Waals surface area contributed by atoms with Crippen LogP contribution in [0.4, 0.5) is 18.9 Å². The third-order valence-electron chi connectivity index (χ3n) is 3.46. The molecule has 0 aromatic heterocycles. The molecule has 25 heavy (non-hydrogen) atoms. The quantitative estimate of drug-likeness (QED) is 0.688. The molecule has 1 N–H and O–H groups in total.